The van der Waals surface area contributed by atoms with Gasteiger partial charge < -0.3 is 21.1 Å². The SMILES string of the molecule is CCOCc1ccc(CNC(=O)c2ccc(CNC(N)=O)cc2)cc1. The third kappa shape index (κ3) is 6.27. The fourth-order valence-electron chi connectivity index (χ4n) is 2.22. The van der Waals surface area contributed by atoms with Crippen LogP contribution in [-0.4, -0.2) is 18.5 Å². The second-order valence-electron chi connectivity index (χ2n) is 5.55. The summed E-state index contributed by atoms with van der Waals surface area (Å²) in [6, 6.07) is 14.4. The summed E-state index contributed by atoms with van der Waals surface area (Å²) >= 11 is 0. The molecule has 0 heterocycles. The zero-order valence-electron chi connectivity index (χ0n) is 14.2. The molecule has 3 amide bonds. The van der Waals surface area contributed by atoms with E-state index in [0.29, 0.717) is 31.9 Å². The summed E-state index contributed by atoms with van der Waals surface area (Å²) in [6.07, 6.45) is 0. The third-order valence-corrected chi connectivity index (χ3v) is 3.63. The number of ether oxygens (including phenoxy) is 1. The molecule has 6 heteroatoms. The summed E-state index contributed by atoms with van der Waals surface area (Å²) in [6.45, 7) is 4.05. The predicted molar refractivity (Wildman–Crippen MR) is 95.8 cm³/mol. The lowest BCUT2D eigenvalue weighted by Gasteiger charge is -2.08. The van der Waals surface area contributed by atoms with Crippen LogP contribution in [-0.2, 0) is 24.4 Å². The van der Waals surface area contributed by atoms with Crippen molar-refractivity contribution in [3.63, 3.8) is 0 Å². The zero-order chi connectivity index (χ0) is 18.1. The number of carbonyl (C=O) groups is 2. The minimum absolute atomic E-state index is 0.146. The van der Waals surface area contributed by atoms with Crippen molar-refractivity contribution in [2.75, 3.05) is 6.61 Å². The standard InChI is InChI=1S/C19H23N3O3/c1-2-25-13-16-5-3-14(4-6-16)11-21-18(23)17-9-7-15(8-10-17)12-22-19(20)24/h3-10H,2,11-13H2,1H3,(H,21,23)(H3,20,22,24). The highest BCUT2D eigenvalue weighted by Crippen LogP contribution is 2.07. The first-order valence-electron chi connectivity index (χ1n) is 8.14. The number of hydrogen-bond acceptors (Lipinski definition) is 3. The Hall–Kier alpha value is -2.86. The first-order valence-corrected chi connectivity index (χ1v) is 8.14. The van der Waals surface area contributed by atoms with E-state index in [0.717, 1.165) is 16.7 Å². The summed E-state index contributed by atoms with van der Waals surface area (Å²) in [7, 11) is 0. The van der Waals surface area contributed by atoms with E-state index in [4.69, 9.17) is 10.5 Å². The quantitative estimate of drug-likeness (QED) is 0.688. The van der Waals surface area contributed by atoms with Gasteiger partial charge in [-0.05, 0) is 35.7 Å². The van der Waals surface area contributed by atoms with E-state index in [1.165, 1.54) is 0 Å². The molecule has 0 aliphatic rings. The number of nitrogens with two attached hydrogens (primary N) is 1. The first kappa shape index (κ1) is 18.5. The highest BCUT2D eigenvalue weighted by Gasteiger charge is 2.05. The maximum atomic E-state index is 12.2. The van der Waals surface area contributed by atoms with Crippen LogP contribution in [0.15, 0.2) is 48.5 Å². The third-order valence-electron chi connectivity index (χ3n) is 3.63. The normalized spacial score (nSPS) is 10.3. The van der Waals surface area contributed by atoms with Gasteiger partial charge in [-0.1, -0.05) is 36.4 Å². The number of amides is 3. The molecule has 0 saturated carbocycles. The molecular formula is C19H23N3O3. The number of hydrogen-bond donors (Lipinski definition) is 3. The topological polar surface area (TPSA) is 93.4 Å². The van der Waals surface area contributed by atoms with Gasteiger partial charge in [0.1, 0.15) is 0 Å². The van der Waals surface area contributed by atoms with E-state index in [1.54, 1.807) is 24.3 Å². The average molecular weight is 341 g/mol. The highest BCUT2D eigenvalue weighted by molar-refractivity contribution is 5.94. The predicted octanol–water partition coefficient (Wildman–Crippen LogP) is 2.32. The molecule has 0 aliphatic carbocycles. The number of benzene rings is 2. The van der Waals surface area contributed by atoms with E-state index < -0.39 is 6.03 Å². The summed E-state index contributed by atoms with van der Waals surface area (Å²) in [5.74, 6) is -0.146. The van der Waals surface area contributed by atoms with Gasteiger partial charge in [0.15, 0.2) is 0 Å². The van der Waals surface area contributed by atoms with E-state index in [9.17, 15) is 9.59 Å². The lowest BCUT2D eigenvalue weighted by atomic mass is 10.1. The molecule has 2 rings (SSSR count). The number of primary amides is 1. The maximum Gasteiger partial charge on any atom is 0.312 e. The number of urea groups is 1. The average Bonchev–Trinajstić information content (AvgIpc) is 2.64. The molecule has 4 N–H and O–H groups in total. The lowest BCUT2D eigenvalue weighted by Crippen LogP contribution is -2.28. The molecule has 2 aromatic carbocycles. The minimum Gasteiger partial charge on any atom is -0.377 e. The second kappa shape index (κ2) is 9.44. The summed E-state index contributed by atoms with van der Waals surface area (Å²) < 4.78 is 5.36. The number of nitrogens with one attached hydrogen (secondary N) is 2. The van der Waals surface area contributed by atoms with Gasteiger partial charge in [-0.3, -0.25) is 4.79 Å². The molecule has 0 aromatic heterocycles. The van der Waals surface area contributed by atoms with Crippen molar-refractivity contribution in [1.29, 1.82) is 0 Å². The fourth-order valence-corrected chi connectivity index (χ4v) is 2.22. The van der Waals surface area contributed by atoms with Crippen molar-refractivity contribution in [2.24, 2.45) is 5.73 Å². The summed E-state index contributed by atoms with van der Waals surface area (Å²) in [5.41, 5.74) is 8.60. The van der Waals surface area contributed by atoms with Crippen LogP contribution in [0.4, 0.5) is 4.79 Å². The number of rotatable bonds is 8. The van der Waals surface area contributed by atoms with Crippen LogP contribution in [0.25, 0.3) is 0 Å². The molecule has 2 aromatic rings. The van der Waals surface area contributed by atoms with Gasteiger partial charge in [0.05, 0.1) is 6.61 Å². The summed E-state index contributed by atoms with van der Waals surface area (Å²) in [5, 5.41) is 5.39. The van der Waals surface area contributed by atoms with Crippen LogP contribution in [0.3, 0.4) is 0 Å². The van der Waals surface area contributed by atoms with Crippen molar-refractivity contribution in [2.45, 2.75) is 26.6 Å². The molecule has 0 saturated heterocycles. The van der Waals surface area contributed by atoms with E-state index >= 15 is 0 Å². The van der Waals surface area contributed by atoms with Crippen molar-refractivity contribution in [1.82, 2.24) is 10.6 Å². The Bertz CT molecular complexity index is 697. The van der Waals surface area contributed by atoms with Gasteiger partial charge in [-0.15, -0.1) is 0 Å². The van der Waals surface area contributed by atoms with Crippen molar-refractivity contribution < 1.29 is 14.3 Å². The van der Waals surface area contributed by atoms with Gasteiger partial charge >= 0.3 is 6.03 Å². The largest absolute Gasteiger partial charge is 0.377 e. The van der Waals surface area contributed by atoms with E-state index in [-0.39, 0.29) is 5.91 Å². The molecule has 0 spiro atoms. The van der Waals surface area contributed by atoms with Crippen LogP contribution in [0, 0.1) is 0 Å². The molecule has 0 fully saturated rings. The molecule has 0 atom stereocenters. The molecule has 0 bridgehead atoms. The smallest absolute Gasteiger partial charge is 0.312 e. The zero-order valence-corrected chi connectivity index (χ0v) is 14.2. The molecule has 0 unspecified atom stereocenters. The molecule has 6 nitrogen and oxygen atoms in total. The van der Waals surface area contributed by atoms with Crippen molar-refractivity contribution >= 4 is 11.9 Å². The molecule has 0 radical (unpaired) electrons. The van der Waals surface area contributed by atoms with Gasteiger partial charge in [-0.25, -0.2) is 4.79 Å². The Morgan fingerprint density at radius 2 is 1.40 bits per heavy atom. The Morgan fingerprint density at radius 3 is 1.96 bits per heavy atom. The Labute approximate surface area is 147 Å². The van der Waals surface area contributed by atoms with Crippen molar-refractivity contribution in [3.05, 3.63) is 70.8 Å². The van der Waals surface area contributed by atoms with E-state index in [1.807, 2.05) is 31.2 Å². The monoisotopic (exact) mass is 341 g/mol. The van der Waals surface area contributed by atoms with Crippen LogP contribution < -0.4 is 16.4 Å². The van der Waals surface area contributed by atoms with Crippen LogP contribution in [0.5, 0.6) is 0 Å². The highest BCUT2D eigenvalue weighted by atomic mass is 16.5. The molecular weight excluding hydrogens is 318 g/mol. The minimum atomic E-state index is -0.575. The van der Waals surface area contributed by atoms with Crippen LogP contribution in [0.2, 0.25) is 0 Å². The molecule has 25 heavy (non-hydrogen) atoms. The number of carbonyl (C=O) groups excluding carboxylic acids is 2. The van der Waals surface area contributed by atoms with Gasteiger partial charge in [0.25, 0.3) is 5.91 Å². The second-order valence-corrected chi connectivity index (χ2v) is 5.55. The Kier molecular flexibility index (Phi) is 6.98. The maximum absolute atomic E-state index is 12.2. The fraction of sp³-hybridized carbons (Fsp3) is 0.263. The van der Waals surface area contributed by atoms with Gasteiger partial charge in [0.2, 0.25) is 0 Å². The van der Waals surface area contributed by atoms with Crippen LogP contribution >= 0.6 is 0 Å². The molecule has 132 valence electrons. The van der Waals surface area contributed by atoms with Gasteiger partial charge in [-0.2, -0.15) is 0 Å². The lowest BCUT2D eigenvalue weighted by molar-refractivity contribution is 0.0951. The Morgan fingerprint density at radius 1 is 0.880 bits per heavy atom. The van der Waals surface area contributed by atoms with E-state index in [2.05, 4.69) is 10.6 Å². The van der Waals surface area contributed by atoms with Gasteiger partial charge in [0, 0.05) is 25.3 Å². The first-order chi connectivity index (χ1) is 12.1. The Balaban J connectivity index is 1.84. The van der Waals surface area contributed by atoms with Crippen LogP contribution in [0.1, 0.15) is 34.0 Å². The van der Waals surface area contributed by atoms with Crippen molar-refractivity contribution in [3.8, 4) is 0 Å². The molecule has 0 aliphatic heterocycles. The summed E-state index contributed by atoms with van der Waals surface area (Å²) in [4.78, 5) is 22.9.